The second-order valence-electron chi connectivity index (χ2n) is 4.68. The van der Waals surface area contributed by atoms with Crippen LogP contribution in [0.2, 0.25) is 0 Å². The quantitative estimate of drug-likeness (QED) is 0.760. The van der Waals surface area contributed by atoms with Gasteiger partial charge in [-0.2, -0.15) is 11.8 Å². The highest BCUT2D eigenvalue weighted by Crippen LogP contribution is 2.16. The van der Waals surface area contributed by atoms with E-state index in [0.717, 1.165) is 6.42 Å². The molecule has 0 saturated carbocycles. The highest BCUT2D eigenvalue weighted by atomic mass is 32.2. The fourth-order valence-electron chi connectivity index (χ4n) is 1.61. The number of aryl methyl sites for hydroxylation is 2. The van der Waals surface area contributed by atoms with Crippen molar-refractivity contribution >= 4 is 17.5 Å². The summed E-state index contributed by atoms with van der Waals surface area (Å²) >= 11 is 1.76. The Balaban J connectivity index is 2.53. The summed E-state index contributed by atoms with van der Waals surface area (Å²) in [5, 5.41) is 0.581. The minimum absolute atomic E-state index is 0.337. The van der Waals surface area contributed by atoms with Crippen molar-refractivity contribution in [2.75, 3.05) is 5.75 Å². The van der Waals surface area contributed by atoms with Gasteiger partial charge in [0, 0.05) is 11.7 Å². The summed E-state index contributed by atoms with van der Waals surface area (Å²) in [6.45, 7) is 8.48. The highest BCUT2D eigenvalue weighted by molar-refractivity contribution is 8.00. The van der Waals surface area contributed by atoms with Crippen LogP contribution in [-0.2, 0) is 11.2 Å². The number of ketones is 1. The Morgan fingerprint density at radius 3 is 2.71 bits per heavy atom. The second kappa shape index (κ2) is 6.85. The zero-order chi connectivity index (χ0) is 12.8. The van der Waals surface area contributed by atoms with Crippen molar-refractivity contribution in [3.8, 4) is 0 Å². The molecule has 1 atom stereocenters. The van der Waals surface area contributed by atoms with E-state index in [-0.39, 0.29) is 0 Å². The van der Waals surface area contributed by atoms with Crippen molar-refractivity contribution in [3.05, 3.63) is 34.9 Å². The molecule has 0 spiro atoms. The lowest BCUT2D eigenvalue weighted by atomic mass is 10.0. The Bertz CT molecular complexity index is 385. The molecule has 0 fully saturated rings. The van der Waals surface area contributed by atoms with Gasteiger partial charge in [0.1, 0.15) is 5.78 Å². The Morgan fingerprint density at radius 2 is 2.06 bits per heavy atom. The van der Waals surface area contributed by atoms with Gasteiger partial charge in [-0.3, -0.25) is 4.79 Å². The van der Waals surface area contributed by atoms with E-state index in [9.17, 15) is 4.79 Å². The predicted molar refractivity (Wildman–Crippen MR) is 76.8 cm³/mol. The highest BCUT2D eigenvalue weighted by Gasteiger charge is 2.08. The van der Waals surface area contributed by atoms with Gasteiger partial charge in [-0.25, -0.2) is 0 Å². The van der Waals surface area contributed by atoms with Crippen LogP contribution in [0.4, 0.5) is 0 Å². The Morgan fingerprint density at radius 1 is 1.35 bits per heavy atom. The van der Waals surface area contributed by atoms with Crippen molar-refractivity contribution in [2.45, 2.75) is 45.8 Å². The fourth-order valence-corrected chi connectivity index (χ4v) is 2.42. The molecule has 0 radical (unpaired) electrons. The number of hydrogen-bond acceptors (Lipinski definition) is 2. The third kappa shape index (κ3) is 4.95. The topological polar surface area (TPSA) is 17.1 Å². The summed E-state index contributed by atoms with van der Waals surface area (Å²) in [4.78, 5) is 11.9. The van der Waals surface area contributed by atoms with E-state index < -0.39 is 0 Å². The van der Waals surface area contributed by atoms with E-state index >= 15 is 0 Å². The van der Waals surface area contributed by atoms with Crippen LogP contribution in [0.3, 0.4) is 0 Å². The molecule has 94 valence electrons. The molecule has 1 unspecified atom stereocenters. The van der Waals surface area contributed by atoms with Gasteiger partial charge >= 0.3 is 0 Å². The van der Waals surface area contributed by atoms with Gasteiger partial charge in [0.25, 0.3) is 0 Å². The van der Waals surface area contributed by atoms with Crippen LogP contribution in [0.25, 0.3) is 0 Å². The van der Waals surface area contributed by atoms with Crippen molar-refractivity contribution in [1.29, 1.82) is 0 Å². The molecule has 1 aromatic rings. The van der Waals surface area contributed by atoms with Crippen LogP contribution in [0.1, 0.15) is 37.0 Å². The summed E-state index contributed by atoms with van der Waals surface area (Å²) in [7, 11) is 0. The largest absolute Gasteiger partial charge is 0.298 e. The molecule has 2 heteroatoms. The van der Waals surface area contributed by atoms with E-state index in [0.29, 0.717) is 23.2 Å². The monoisotopic (exact) mass is 250 g/mol. The Labute approximate surface area is 109 Å². The average Bonchev–Trinajstić information content (AvgIpc) is 2.30. The number of rotatable bonds is 6. The molecule has 1 aromatic carbocycles. The van der Waals surface area contributed by atoms with Crippen LogP contribution >= 0.6 is 11.8 Å². The zero-order valence-electron chi connectivity index (χ0n) is 11.2. The summed E-state index contributed by atoms with van der Waals surface area (Å²) < 4.78 is 0. The number of benzene rings is 1. The van der Waals surface area contributed by atoms with E-state index in [1.54, 1.807) is 11.8 Å². The zero-order valence-corrected chi connectivity index (χ0v) is 12.1. The molecule has 0 aromatic heterocycles. The van der Waals surface area contributed by atoms with Gasteiger partial charge < -0.3 is 0 Å². The van der Waals surface area contributed by atoms with Crippen LogP contribution in [0, 0.1) is 13.8 Å². The van der Waals surface area contributed by atoms with Crippen LogP contribution < -0.4 is 0 Å². The molecule has 0 aliphatic heterocycles. The van der Waals surface area contributed by atoms with Gasteiger partial charge in [0.05, 0.1) is 5.75 Å². The SMILES string of the molecule is CCC(C)SCC(=O)Cc1cc(C)ccc1C. The van der Waals surface area contributed by atoms with E-state index in [1.165, 1.54) is 16.7 Å². The van der Waals surface area contributed by atoms with Crippen molar-refractivity contribution in [2.24, 2.45) is 0 Å². The van der Waals surface area contributed by atoms with Gasteiger partial charge in [0.15, 0.2) is 0 Å². The van der Waals surface area contributed by atoms with Crippen molar-refractivity contribution in [3.63, 3.8) is 0 Å². The summed E-state index contributed by atoms with van der Waals surface area (Å²) in [5.74, 6) is 0.978. The van der Waals surface area contributed by atoms with Gasteiger partial charge in [-0.05, 0) is 31.4 Å². The number of carbonyl (C=O) groups excluding carboxylic acids is 1. The van der Waals surface area contributed by atoms with Crippen molar-refractivity contribution < 1.29 is 4.79 Å². The maximum atomic E-state index is 11.9. The normalized spacial score (nSPS) is 12.5. The molecular formula is C15H22OS. The maximum Gasteiger partial charge on any atom is 0.147 e. The van der Waals surface area contributed by atoms with Crippen LogP contribution in [0.5, 0.6) is 0 Å². The minimum Gasteiger partial charge on any atom is -0.298 e. The molecule has 1 nitrogen and oxygen atoms in total. The van der Waals surface area contributed by atoms with Crippen LogP contribution in [-0.4, -0.2) is 16.8 Å². The molecule has 17 heavy (non-hydrogen) atoms. The predicted octanol–water partition coefficient (Wildman–Crippen LogP) is 3.95. The molecule has 0 N–H and O–H groups in total. The number of carbonyl (C=O) groups is 1. The molecule has 0 bridgehead atoms. The molecule has 0 heterocycles. The average molecular weight is 250 g/mol. The summed E-state index contributed by atoms with van der Waals surface area (Å²) in [6.07, 6.45) is 1.71. The maximum absolute atomic E-state index is 11.9. The molecular weight excluding hydrogens is 228 g/mol. The first-order chi connectivity index (χ1) is 8.02. The van der Waals surface area contributed by atoms with Gasteiger partial charge in [-0.1, -0.05) is 37.6 Å². The smallest absolute Gasteiger partial charge is 0.147 e. The molecule has 1 rings (SSSR count). The standard InChI is InChI=1S/C15H22OS/c1-5-13(4)17-10-15(16)9-14-8-11(2)6-7-12(14)3/h6-8,13H,5,9-10H2,1-4H3. The third-order valence-corrected chi connectivity index (χ3v) is 4.39. The Hall–Kier alpha value is -0.760. The second-order valence-corrected chi connectivity index (χ2v) is 6.10. The number of thioether (sulfide) groups is 1. The van der Waals surface area contributed by atoms with E-state index in [4.69, 9.17) is 0 Å². The van der Waals surface area contributed by atoms with Gasteiger partial charge in [-0.15, -0.1) is 0 Å². The van der Waals surface area contributed by atoms with E-state index in [2.05, 4.69) is 45.9 Å². The molecule has 0 amide bonds. The lowest BCUT2D eigenvalue weighted by Crippen LogP contribution is -2.09. The first kappa shape index (κ1) is 14.3. The lowest BCUT2D eigenvalue weighted by Gasteiger charge is -2.09. The summed E-state index contributed by atoms with van der Waals surface area (Å²) in [5.41, 5.74) is 3.63. The first-order valence-electron chi connectivity index (χ1n) is 6.22. The lowest BCUT2D eigenvalue weighted by molar-refractivity contribution is -0.116. The van der Waals surface area contributed by atoms with E-state index in [1.807, 2.05) is 0 Å². The van der Waals surface area contributed by atoms with Crippen LogP contribution in [0.15, 0.2) is 18.2 Å². The number of hydrogen-bond donors (Lipinski definition) is 0. The molecule has 0 aliphatic rings. The van der Waals surface area contributed by atoms with Gasteiger partial charge in [0.2, 0.25) is 0 Å². The minimum atomic E-state index is 0.337. The number of Topliss-reactive ketones (excluding diaryl/α,β-unsaturated/α-hetero) is 1. The summed E-state index contributed by atoms with van der Waals surface area (Å²) in [6, 6.07) is 6.32. The Kier molecular flexibility index (Phi) is 5.76. The third-order valence-electron chi connectivity index (χ3n) is 3.00. The molecule has 0 saturated heterocycles. The van der Waals surface area contributed by atoms with Crippen molar-refractivity contribution in [1.82, 2.24) is 0 Å². The molecule has 0 aliphatic carbocycles. The fraction of sp³-hybridized carbons (Fsp3) is 0.533. The first-order valence-corrected chi connectivity index (χ1v) is 7.27.